The van der Waals surface area contributed by atoms with E-state index < -0.39 is 16.0 Å². The molecule has 0 unspecified atom stereocenters. The third-order valence-corrected chi connectivity index (χ3v) is 4.20. The van der Waals surface area contributed by atoms with Crippen LogP contribution in [0.1, 0.15) is 10.4 Å². The van der Waals surface area contributed by atoms with Crippen LogP contribution >= 0.6 is 11.6 Å². The van der Waals surface area contributed by atoms with Crippen molar-refractivity contribution >= 4 is 33.3 Å². The van der Waals surface area contributed by atoms with E-state index >= 15 is 0 Å². The van der Waals surface area contributed by atoms with Crippen LogP contribution in [-0.4, -0.2) is 34.0 Å². The van der Waals surface area contributed by atoms with Crippen LogP contribution in [0.3, 0.4) is 0 Å². The van der Waals surface area contributed by atoms with Gasteiger partial charge in [-0.1, -0.05) is 11.6 Å². The van der Waals surface area contributed by atoms with Crippen molar-refractivity contribution in [3.8, 4) is 0 Å². The van der Waals surface area contributed by atoms with Crippen molar-refractivity contribution in [1.82, 2.24) is 14.5 Å². The Labute approximate surface area is 119 Å². The smallest absolute Gasteiger partial charge is 0.337 e. The van der Waals surface area contributed by atoms with Crippen molar-refractivity contribution in [2.75, 3.05) is 4.72 Å². The lowest BCUT2D eigenvalue weighted by atomic mass is 10.3. The van der Waals surface area contributed by atoms with Crippen molar-refractivity contribution in [2.24, 2.45) is 7.05 Å². The van der Waals surface area contributed by atoms with E-state index in [-0.39, 0.29) is 21.4 Å². The van der Waals surface area contributed by atoms with Gasteiger partial charge in [-0.3, -0.25) is 9.71 Å². The number of aryl methyl sites for hydroxylation is 1. The summed E-state index contributed by atoms with van der Waals surface area (Å²) in [5.41, 5.74) is -0.135. The molecule has 0 radical (unpaired) electrons. The first-order valence-corrected chi connectivity index (χ1v) is 7.05. The fourth-order valence-electron chi connectivity index (χ4n) is 1.39. The number of sulfonamides is 1. The number of halogens is 1. The maximum atomic E-state index is 12.1. The molecule has 10 heteroatoms. The van der Waals surface area contributed by atoms with Gasteiger partial charge in [0.1, 0.15) is 5.15 Å². The van der Waals surface area contributed by atoms with E-state index in [2.05, 4.69) is 14.7 Å². The third-order valence-electron chi connectivity index (χ3n) is 2.33. The lowest BCUT2D eigenvalue weighted by Crippen LogP contribution is -2.14. The summed E-state index contributed by atoms with van der Waals surface area (Å²) in [6.07, 6.45) is 3.54. The number of imidazole rings is 1. The summed E-state index contributed by atoms with van der Waals surface area (Å²) in [6.45, 7) is 0. The molecule has 0 spiro atoms. The third kappa shape index (κ3) is 2.73. The van der Waals surface area contributed by atoms with E-state index in [1.165, 1.54) is 17.1 Å². The zero-order chi connectivity index (χ0) is 14.9. The molecule has 20 heavy (non-hydrogen) atoms. The van der Waals surface area contributed by atoms with Gasteiger partial charge in [0.2, 0.25) is 5.03 Å². The highest BCUT2D eigenvalue weighted by Gasteiger charge is 2.22. The lowest BCUT2D eigenvalue weighted by molar-refractivity contribution is 0.0696. The number of carbonyl (C=O) groups is 1. The molecule has 0 aromatic carbocycles. The molecule has 0 bridgehead atoms. The molecule has 0 saturated heterocycles. The first kappa shape index (κ1) is 14.3. The molecule has 0 atom stereocenters. The largest absolute Gasteiger partial charge is 0.478 e. The predicted octanol–water partition coefficient (Wildman–Crippen LogP) is 0.967. The Balaban J connectivity index is 2.36. The number of hydrogen-bond donors (Lipinski definition) is 2. The number of carboxylic acids is 1. The zero-order valence-corrected chi connectivity index (χ0v) is 11.7. The molecule has 2 N–H and O–H groups in total. The van der Waals surface area contributed by atoms with Gasteiger partial charge < -0.3 is 9.67 Å². The van der Waals surface area contributed by atoms with Gasteiger partial charge in [-0.05, 0) is 6.07 Å². The van der Waals surface area contributed by atoms with E-state index in [0.29, 0.717) is 0 Å². The summed E-state index contributed by atoms with van der Waals surface area (Å²) in [4.78, 5) is 18.1. The standard InChI is InChI=1S/C10H9ClN4O4S/c1-15-5-13-9(8(15)11)20(18,19)14-7-2-6(10(16)17)3-12-4-7/h2-5,14H,1H3,(H,16,17). The quantitative estimate of drug-likeness (QED) is 0.868. The van der Waals surface area contributed by atoms with Gasteiger partial charge in [0, 0.05) is 13.2 Å². The van der Waals surface area contributed by atoms with Gasteiger partial charge in [0.05, 0.1) is 23.8 Å². The first-order valence-electron chi connectivity index (χ1n) is 5.19. The molecule has 0 fully saturated rings. The topological polar surface area (TPSA) is 114 Å². The van der Waals surface area contributed by atoms with Crippen LogP contribution in [0.2, 0.25) is 5.15 Å². The summed E-state index contributed by atoms with van der Waals surface area (Å²) >= 11 is 5.81. The molecule has 2 aromatic heterocycles. The number of nitrogens with zero attached hydrogens (tertiary/aromatic N) is 3. The molecule has 0 saturated carbocycles. The summed E-state index contributed by atoms with van der Waals surface area (Å²) in [5, 5.41) is 8.42. The van der Waals surface area contributed by atoms with Crippen molar-refractivity contribution in [1.29, 1.82) is 0 Å². The second-order valence-corrected chi connectivity index (χ2v) is 5.78. The molecule has 106 valence electrons. The van der Waals surface area contributed by atoms with E-state index in [9.17, 15) is 13.2 Å². The normalized spacial score (nSPS) is 11.3. The van der Waals surface area contributed by atoms with Crippen molar-refractivity contribution in [3.63, 3.8) is 0 Å². The van der Waals surface area contributed by atoms with Gasteiger partial charge in [0.25, 0.3) is 10.0 Å². The number of carboxylic acid groups (broad SMARTS) is 1. The fraction of sp³-hybridized carbons (Fsp3) is 0.100. The van der Waals surface area contributed by atoms with Crippen molar-refractivity contribution in [2.45, 2.75) is 5.03 Å². The molecular weight excluding hydrogens is 308 g/mol. The van der Waals surface area contributed by atoms with Crippen molar-refractivity contribution < 1.29 is 18.3 Å². The van der Waals surface area contributed by atoms with Gasteiger partial charge in [0.15, 0.2) is 0 Å². The Hall–Kier alpha value is -2.13. The van der Waals surface area contributed by atoms with Crippen LogP contribution < -0.4 is 4.72 Å². The van der Waals surface area contributed by atoms with Gasteiger partial charge in [-0.15, -0.1) is 0 Å². The van der Waals surface area contributed by atoms with Crippen LogP contribution in [0, 0.1) is 0 Å². The molecular formula is C10H9ClN4O4S. The van der Waals surface area contributed by atoms with Crippen molar-refractivity contribution in [3.05, 3.63) is 35.5 Å². The SMILES string of the molecule is Cn1cnc(S(=O)(=O)Nc2cncc(C(=O)O)c2)c1Cl. The highest BCUT2D eigenvalue weighted by atomic mass is 35.5. The monoisotopic (exact) mass is 316 g/mol. The lowest BCUT2D eigenvalue weighted by Gasteiger charge is -2.06. The molecule has 2 heterocycles. The minimum atomic E-state index is -4.01. The van der Waals surface area contributed by atoms with Crippen LogP contribution in [-0.2, 0) is 17.1 Å². The van der Waals surface area contributed by atoms with E-state index in [1.54, 1.807) is 7.05 Å². The molecule has 2 aromatic rings. The second kappa shape index (κ2) is 5.10. The Morgan fingerprint density at radius 3 is 2.70 bits per heavy atom. The van der Waals surface area contributed by atoms with E-state index in [1.807, 2.05) is 0 Å². The van der Waals surface area contributed by atoms with Crippen LogP contribution in [0.25, 0.3) is 0 Å². The summed E-state index contributed by atoms with van der Waals surface area (Å²) in [7, 11) is -2.47. The second-order valence-electron chi connectivity index (χ2n) is 3.82. The Bertz CT molecular complexity index is 771. The van der Waals surface area contributed by atoms with Gasteiger partial charge in [-0.25, -0.2) is 9.78 Å². The van der Waals surface area contributed by atoms with Gasteiger partial charge in [-0.2, -0.15) is 8.42 Å². The fourth-order valence-corrected chi connectivity index (χ4v) is 2.86. The first-order chi connectivity index (χ1) is 9.31. The Morgan fingerprint density at radius 1 is 1.45 bits per heavy atom. The highest BCUT2D eigenvalue weighted by Crippen LogP contribution is 2.21. The highest BCUT2D eigenvalue weighted by molar-refractivity contribution is 7.92. The van der Waals surface area contributed by atoms with Crippen LogP contribution in [0.5, 0.6) is 0 Å². The summed E-state index contributed by atoms with van der Waals surface area (Å²) < 4.78 is 27.6. The maximum Gasteiger partial charge on any atom is 0.337 e. The number of pyridine rings is 1. The average Bonchev–Trinajstić information content (AvgIpc) is 2.70. The van der Waals surface area contributed by atoms with E-state index in [0.717, 1.165) is 12.3 Å². The molecule has 2 rings (SSSR count). The number of anilines is 1. The molecule has 0 amide bonds. The number of rotatable bonds is 4. The van der Waals surface area contributed by atoms with Crippen LogP contribution in [0.15, 0.2) is 29.8 Å². The zero-order valence-electron chi connectivity index (χ0n) is 10.1. The molecule has 0 aliphatic heterocycles. The van der Waals surface area contributed by atoms with Gasteiger partial charge >= 0.3 is 5.97 Å². The maximum absolute atomic E-state index is 12.1. The number of aromatic nitrogens is 3. The summed E-state index contributed by atoms with van der Waals surface area (Å²) in [5.74, 6) is -1.21. The minimum Gasteiger partial charge on any atom is -0.478 e. The number of nitrogens with one attached hydrogen (secondary N) is 1. The Kier molecular flexibility index (Phi) is 3.64. The molecule has 8 nitrogen and oxygen atoms in total. The van der Waals surface area contributed by atoms with E-state index in [4.69, 9.17) is 16.7 Å². The number of aromatic carboxylic acids is 1. The Morgan fingerprint density at radius 2 is 2.15 bits per heavy atom. The average molecular weight is 317 g/mol. The molecule has 0 aliphatic carbocycles. The molecule has 0 aliphatic rings. The summed E-state index contributed by atoms with van der Waals surface area (Å²) in [6, 6.07) is 1.14. The van der Waals surface area contributed by atoms with Crippen LogP contribution in [0.4, 0.5) is 5.69 Å². The number of hydrogen-bond acceptors (Lipinski definition) is 5. The minimum absolute atomic E-state index is 0.00613. The predicted molar refractivity (Wildman–Crippen MR) is 70.2 cm³/mol.